The zero-order chi connectivity index (χ0) is 18.9. The Morgan fingerprint density at radius 3 is 1.31 bits per heavy atom. The molecule has 1 saturated heterocycles. The monoisotopic (exact) mass is 738 g/mol. The summed E-state index contributed by atoms with van der Waals surface area (Å²) in [5, 5.41) is 0. The summed E-state index contributed by atoms with van der Waals surface area (Å²) < 4.78 is 23.1. The van der Waals surface area contributed by atoms with E-state index in [0.717, 1.165) is 38.3 Å². The summed E-state index contributed by atoms with van der Waals surface area (Å²) in [6.45, 7) is 2.20. The molecule has 1 aliphatic heterocycles. The quantitative estimate of drug-likeness (QED) is 0.303. The maximum atomic E-state index is 6.09. The van der Waals surface area contributed by atoms with Crippen LogP contribution in [0.2, 0.25) is 0 Å². The molecular weight excluding hydrogens is 732 g/mol. The maximum absolute atomic E-state index is 6.09. The average Bonchev–Trinajstić information content (AvgIpc) is 2.49. The maximum Gasteiger partial charge on any atom is 0.147 e. The lowest BCUT2D eigenvalue weighted by Crippen LogP contribution is -2.51. The van der Waals surface area contributed by atoms with Gasteiger partial charge in [-0.2, -0.15) is 0 Å². The highest BCUT2D eigenvalue weighted by Gasteiger charge is 2.41. The van der Waals surface area contributed by atoms with Gasteiger partial charge in [-0.1, -0.05) is 31.9 Å². The molecule has 0 aromatic heterocycles. The Hall–Kier alpha value is 0.880. The predicted molar refractivity (Wildman–Crippen MR) is 123 cm³/mol. The molecule has 0 aliphatic carbocycles. The molecule has 2 aromatic rings. The van der Waals surface area contributed by atoms with Gasteiger partial charge in [-0.25, -0.2) is 0 Å². The van der Waals surface area contributed by atoms with Gasteiger partial charge in [0.05, 0.1) is 36.5 Å². The number of ether oxygens (including phenoxy) is 3. The standard InChI is InChI=1S/C17H12Br6O3/c18-9-1-11(20)15(12(21)2-9)25-7-17(5-24-6-17)8-26-16-13(22)3-10(19)4-14(16)23/h1-4H,5-8H2. The third-order valence-corrected chi connectivity index (χ3v) is 7.06. The largest absolute Gasteiger partial charge is 0.490 e. The van der Waals surface area contributed by atoms with Gasteiger partial charge in [0, 0.05) is 8.95 Å². The molecule has 9 heteroatoms. The van der Waals surface area contributed by atoms with E-state index in [9.17, 15) is 0 Å². The SMILES string of the molecule is Brc1cc(Br)c(OCC2(COc3c(Br)cc(Br)cc3Br)COC2)c(Br)c1. The van der Waals surface area contributed by atoms with Gasteiger partial charge in [0.1, 0.15) is 24.7 Å². The second-order valence-electron chi connectivity index (χ2n) is 5.97. The Labute approximate surface area is 202 Å². The van der Waals surface area contributed by atoms with Crippen molar-refractivity contribution in [1.29, 1.82) is 0 Å². The van der Waals surface area contributed by atoms with Crippen LogP contribution in [-0.4, -0.2) is 26.4 Å². The van der Waals surface area contributed by atoms with Crippen LogP contribution in [0, 0.1) is 5.41 Å². The third-order valence-electron chi connectivity index (χ3n) is 3.79. The first-order valence-corrected chi connectivity index (χ1v) is 12.2. The number of benzene rings is 2. The van der Waals surface area contributed by atoms with Crippen LogP contribution in [-0.2, 0) is 4.74 Å². The molecule has 0 saturated carbocycles. The lowest BCUT2D eigenvalue weighted by molar-refractivity contribution is -0.149. The Morgan fingerprint density at radius 1 is 0.692 bits per heavy atom. The smallest absolute Gasteiger partial charge is 0.147 e. The average molecular weight is 744 g/mol. The van der Waals surface area contributed by atoms with E-state index < -0.39 is 0 Å². The molecule has 3 rings (SSSR count). The molecule has 0 spiro atoms. The van der Waals surface area contributed by atoms with Crippen molar-refractivity contribution in [2.45, 2.75) is 0 Å². The topological polar surface area (TPSA) is 27.7 Å². The van der Waals surface area contributed by atoms with Gasteiger partial charge in [-0.05, 0) is 88.0 Å². The molecule has 2 aromatic carbocycles. The molecule has 1 fully saturated rings. The Kier molecular flexibility index (Phi) is 7.58. The molecule has 0 atom stereocenters. The van der Waals surface area contributed by atoms with Crippen molar-refractivity contribution in [3.8, 4) is 11.5 Å². The van der Waals surface area contributed by atoms with Gasteiger partial charge in [-0.3, -0.25) is 0 Å². The summed E-state index contributed by atoms with van der Waals surface area (Å²) in [6.07, 6.45) is 0. The second kappa shape index (κ2) is 9.13. The molecule has 1 heterocycles. The molecule has 0 N–H and O–H groups in total. The van der Waals surface area contributed by atoms with Crippen molar-refractivity contribution in [3.05, 3.63) is 51.1 Å². The molecule has 0 unspecified atom stereocenters. The lowest BCUT2D eigenvalue weighted by Gasteiger charge is -2.40. The van der Waals surface area contributed by atoms with Crippen LogP contribution in [0.1, 0.15) is 0 Å². The van der Waals surface area contributed by atoms with E-state index in [1.165, 1.54) is 0 Å². The van der Waals surface area contributed by atoms with Crippen LogP contribution < -0.4 is 9.47 Å². The summed E-state index contributed by atoms with van der Waals surface area (Å²) in [7, 11) is 0. The van der Waals surface area contributed by atoms with Crippen molar-refractivity contribution in [3.63, 3.8) is 0 Å². The van der Waals surface area contributed by atoms with Crippen LogP contribution in [0.25, 0.3) is 0 Å². The van der Waals surface area contributed by atoms with Crippen molar-refractivity contribution < 1.29 is 14.2 Å². The summed E-state index contributed by atoms with van der Waals surface area (Å²) in [6, 6.07) is 7.82. The summed E-state index contributed by atoms with van der Waals surface area (Å²) >= 11 is 21.1. The fourth-order valence-electron chi connectivity index (χ4n) is 2.38. The summed E-state index contributed by atoms with van der Waals surface area (Å²) in [5.41, 5.74) is -0.183. The molecule has 0 bridgehead atoms. The fraction of sp³-hybridized carbons (Fsp3) is 0.294. The van der Waals surface area contributed by atoms with Crippen LogP contribution in [0.4, 0.5) is 0 Å². The van der Waals surface area contributed by atoms with E-state index in [1.54, 1.807) is 0 Å². The highest BCUT2D eigenvalue weighted by Crippen LogP contribution is 2.40. The minimum Gasteiger partial charge on any atom is -0.490 e. The predicted octanol–water partition coefficient (Wildman–Crippen LogP) is 7.74. The first-order valence-electron chi connectivity index (χ1n) is 7.42. The fourth-order valence-corrected chi connectivity index (χ4v) is 7.36. The second-order valence-corrected chi connectivity index (χ2v) is 11.2. The molecule has 1 aliphatic rings. The highest BCUT2D eigenvalue weighted by molar-refractivity contribution is 9.12. The third kappa shape index (κ3) is 5.07. The lowest BCUT2D eigenvalue weighted by atomic mass is 9.88. The molecule has 140 valence electrons. The number of hydrogen-bond donors (Lipinski definition) is 0. The minimum atomic E-state index is -0.183. The van der Waals surface area contributed by atoms with Crippen LogP contribution in [0.15, 0.2) is 51.1 Å². The zero-order valence-corrected chi connectivity index (χ0v) is 22.6. The molecule has 0 radical (unpaired) electrons. The van der Waals surface area contributed by atoms with E-state index in [2.05, 4.69) is 95.6 Å². The van der Waals surface area contributed by atoms with E-state index in [4.69, 9.17) is 14.2 Å². The molecule has 0 amide bonds. The van der Waals surface area contributed by atoms with Crippen molar-refractivity contribution >= 4 is 95.6 Å². The Bertz CT molecular complexity index is 713. The van der Waals surface area contributed by atoms with E-state index in [0.29, 0.717) is 26.4 Å². The number of rotatable bonds is 6. The van der Waals surface area contributed by atoms with E-state index >= 15 is 0 Å². The van der Waals surface area contributed by atoms with Gasteiger partial charge in [-0.15, -0.1) is 0 Å². The van der Waals surface area contributed by atoms with Crippen LogP contribution in [0.5, 0.6) is 11.5 Å². The van der Waals surface area contributed by atoms with Gasteiger partial charge >= 0.3 is 0 Å². The molecule has 26 heavy (non-hydrogen) atoms. The summed E-state index contributed by atoms with van der Waals surface area (Å²) in [4.78, 5) is 0. The van der Waals surface area contributed by atoms with Crippen molar-refractivity contribution in [2.24, 2.45) is 5.41 Å². The van der Waals surface area contributed by atoms with Gasteiger partial charge in [0.2, 0.25) is 0 Å². The van der Waals surface area contributed by atoms with E-state index in [-0.39, 0.29) is 5.41 Å². The Morgan fingerprint density at radius 2 is 1.04 bits per heavy atom. The van der Waals surface area contributed by atoms with Gasteiger partial charge in [0.25, 0.3) is 0 Å². The first kappa shape index (κ1) is 21.6. The zero-order valence-electron chi connectivity index (χ0n) is 13.1. The number of halogens is 6. The van der Waals surface area contributed by atoms with Crippen LogP contribution in [0.3, 0.4) is 0 Å². The molecule has 3 nitrogen and oxygen atoms in total. The van der Waals surface area contributed by atoms with Gasteiger partial charge in [0.15, 0.2) is 0 Å². The highest BCUT2D eigenvalue weighted by atomic mass is 79.9. The van der Waals surface area contributed by atoms with Gasteiger partial charge < -0.3 is 14.2 Å². The summed E-state index contributed by atoms with van der Waals surface area (Å²) in [5.74, 6) is 1.54. The van der Waals surface area contributed by atoms with Crippen molar-refractivity contribution in [2.75, 3.05) is 26.4 Å². The minimum absolute atomic E-state index is 0.183. The van der Waals surface area contributed by atoms with Crippen LogP contribution >= 0.6 is 95.6 Å². The van der Waals surface area contributed by atoms with E-state index in [1.807, 2.05) is 24.3 Å². The van der Waals surface area contributed by atoms with Crippen molar-refractivity contribution in [1.82, 2.24) is 0 Å². The normalized spacial score (nSPS) is 15.5. The Balaban J connectivity index is 1.69. The first-order chi connectivity index (χ1) is 12.3. The number of hydrogen-bond acceptors (Lipinski definition) is 3. The molecular formula is C17H12Br6O3.